The molecule has 0 saturated carbocycles. The summed E-state index contributed by atoms with van der Waals surface area (Å²) in [5.41, 5.74) is 7.05. The molecule has 4 nitrogen and oxygen atoms in total. The van der Waals surface area contributed by atoms with Crippen molar-refractivity contribution < 1.29 is 14.6 Å². The summed E-state index contributed by atoms with van der Waals surface area (Å²) in [5.74, 6) is -0.377. The van der Waals surface area contributed by atoms with E-state index in [-0.39, 0.29) is 13.0 Å². The van der Waals surface area contributed by atoms with Gasteiger partial charge in [0.1, 0.15) is 18.4 Å². The Labute approximate surface area is 138 Å². The average molecular weight is 340 g/mol. The molecule has 0 aliphatic heterocycles. The van der Waals surface area contributed by atoms with Crippen molar-refractivity contribution in [2.45, 2.75) is 19.1 Å². The lowest BCUT2D eigenvalue weighted by Crippen LogP contribution is -2.32. The van der Waals surface area contributed by atoms with Gasteiger partial charge in [0.2, 0.25) is 0 Å². The van der Waals surface area contributed by atoms with Gasteiger partial charge in [-0.15, -0.1) is 0 Å². The van der Waals surface area contributed by atoms with Crippen molar-refractivity contribution >= 4 is 29.2 Å². The maximum Gasteiger partial charge on any atom is 0.320 e. The molecule has 0 aliphatic carbocycles. The largest absolute Gasteiger partial charge is 0.489 e. The first-order valence-electron chi connectivity index (χ1n) is 6.60. The summed E-state index contributed by atoms with van der Waals surface area (Å²) in [5, 5.41) is 9.89. The van der Waals surface area contributed by atoms with Crippen LogP contribution in [0.25, 0.3) is 0 Å². The van der Waals surface area contributed by atoms with E-state index in [9.17, 15) is 4.79 Å². The molecule has 0 unspecified atom stereocenters. The molecule has 1 atom stereocenters. The zero-order chi connectivity index (χ0) is 16.1. The summed E-state index contributed by atoms with van der Waals surface area (Å²) >= 11 is 12.1. The van der Waals surface area contributed by atoms with Crippen LogP contribution in [0.3, 0.4) is 0 Å². The smallest absolute Gasteiger partial charge is 0.320 e. The van der Waals surface area contributed by atoms with E-state index in [1.807, 2.05) is 0 Å². The fourth-order valence-electron chi connectivity index (χ4n) is 1.89. The molecule has 2 aromatic carbocycles. The molecule has 0 saturated heterocycles. The summed E-state index contributed by atoms with van der Waals surface area (Å²) in [6, 6.07) is 11.5. The van der Waals surface area contributed by atoms with Crippen LogP contribution in [-0.4, -0.2) is 17.1 Å². The number of halogens is 2. The molecule has 2 aromatic rings. The van der Waals surface area contributed by atoms with Gasteiger partial charge in [0, 0.05) is 15.6 Å². The first-order valence-corrected chi connectivity index (χ1v) is 7.36. The van der Waals surface area contributed by atoms with Crippen LogP contribution in [0.2, 0.25) is 10.0 Å². The van der Waals surface area contributed by atoms with Gasteiger partial charge in [0.05, 0.1) is 0 Å². The van der Waals surface area contributed by atoms with E-state index in [1.54, 1.807) is 42.5 Å². The second kappa shape index (κ2) is 7.49. The Morgan fingerprint density at radius 1 is 1.14 bits per heavy atom. The Hall–Kier alpha value is -1.75. The number of aliphatic carboxylic acids is 1. The molecule has 0 spiro atoms. The molecule has 116 valence electrons. The predicted octanol–water partition coefficient (Wildman–Crippen LogP) is 3.53. The van der Waals surface area contributed by atoms with Crippen molar-refractivity contribution in [3.8, 4) is 5.75 Å². The third-order valence-corrected chi connectivity index (χ3v) is 3.85. The number of carboxylic acids is 1. The highest BCUT2D eigenvalue weighted by Gasteiger charge is 2.12. The van der Waals surface area contributed by atoms with E-state index in [2.05, 4.69) is 0 Å². The fraction of sp³-hybridized carbons (Fsp3) is 0.188. The number of nitrogens with two attached hydrogens (primary N) is 1. The minimum atomic E-state index is -1.02. The SMILES string of the molecule is N[C@@H](Cc1ccc(OCc2c(Cl)cccc2Cl)cc1)C(=O)O. The first-order chi connectivity index (χ1) is 10.5. The van der Waals surface area contributed by atoms with Crippen molar-refractivity contribution in [3.63, 3.8) is 0 Å². The zero-order valence-electron chi connectivity index (χ0n) is 11.6. The monoisotopic (exact) mass is 339 g/mol. The van der Waals surface area contributed by atoms with Gasteiger partial charge in [-0.2, -0.15) is 0 Å². The van der Waals surface area contributed by atoms with Crippen LogP contribution >= 0.6 is 23.2 Å². The Kier molecular flexibility index (Phi) is 5.66. The van der Waals surface area contributed by atoms with Gasteiger partial charge in [-0.05, 0) is 36.2 Å². The van der Waals surface area contributed by atoms with Crippen LogP contribution in [0, 0.1) is 0 Å². The Balaban J connectivity index is 1.98. The lowest BCUT2D eigenvalue weighted by atomic mass is 10.1. The van der Waals surface area contributed by atoms with Gasteiger partial charge >= 0.3 is 5.97 Å². The van der Waals surface area contributed by atoms with Gasteiger partial charge in [-0.3, -0.25) is 4.79 Å². The molecule has 0 fully saturated rings. The number of benzene rings is 2. The van der Waals surface area contributed by atoms with Crippen LogP contribution in [0.1, 0.15) is 11.1 Å². The van der Waals surface area contributed by atoms with E-state index in [1.165, 1.54) is 0 Å². The van der Waals surface area contributed by atoms with E-state index in [4.69, 9.17) is 38.8 Å². The van der Waals surface area contributed by atoms with Gasteiger partial charge in [-0.25, -0.2) is 0 Å². The van der Waals surface area contributed by atoms with Crippen LogP contribution in [0.5, 0.6) is 5.75 Å². The van der Waals surface area contributed by atoms with Gasteiger partial charge in [-0.1, -0.05) is 41.4 Å². The normalized spacial score (nSPS) is 12.0. The third kappa shape index (κ3) is 4.37. The molecular weight excluding hydrogens is 325 g/mol. The molecule has 3 N–H and O–H groups in total. The fourth-order valence-corrected chi connectivity index (χ4v) is 2.40. The molecule has 0 heterocycles. The van der Waals surface area contributed by atoms with Gasteiger partial charge in [0.15, 0.2) is 0 Å². The number of ether oxygens (including phenoxy) is 1. The molecule has 6 heteroatoms. The quantitative estimate of drug-likeness (QED) is 0.844. The Morgan fingerprint density at radius 3 is 2.27 bits per heavy atom. The van der Waals surface area contributed by atoms with Crippen molar-refractivity contribution in [1.82, 2.24) is 0 Å². The lowest BCUT2D eigenvalue weighted by molar-refractivity contribution is -0.138. The summed E-state index contributed by atoms with van der Waals surface area (Å²) in [7, 11) is 0. The third-order valence-electron chi connectivity index (χ3n) is 3.14. The summed E-state index contributed by atoms with van der Waals surface area (Å²) in [4.78, 5) is 10.7. The standard InChI is InChI=1S/C16H15Cl2NO3/c17-13-2-1-3-14(18)12(13)9-22-11-6-4-10(5-7-11)8-15(19)16(20)21/h1-7,15H,8-9,19H2,(H,20,21)/t15-/m0/s1. The maximum atomic E-state index is 10.7. The van der Waals surface area contributed by atoms with E-state index in [0.29, 0.717) is 15.8 Å². The zero-order valence-corrected chi connectivity index (χ0v) is 13.1. The second-order valence-corrected chi connectivity index (χ2v) is 5.60. The second-order valence-electron chi connectivity index (χ2n) is 4.78. The maximum absolute atomic E-state index is 10.7. The highest BCUT2D eigenvalue weighted by atomic mass is 35.5. The number of hydrogen-bond acceptors (Lipinski definition) is 3. The molecule has 2 rings (SSSR count). The minimum Gasteiger partial charge on any atom is -0.489 e. The minimum absolute atomic E-state index is 0.256. The highest BCUT2D eigenvalue weighted by molar-refractivity contribution is 6.35. The number of hydrogen-bond donors (Lipinski definition) is 2. The number of carbonyl (C=O) groups is 1. The van der Waals surface area contributed by atoms with Crippen LogP contribution < -0.4 is 10.5 Å². The van der Waals surface area contributed by atoms with Crippen LogP contribution in [0.4, 0.5) is 0 Å². The topological polar surface area (TPSA) is 72.5 Å². The summed E-state index contributed by atoms with van der Waals surface area (Å²) in [6.07, 6.45) is 0.270. The van der Waals surface area contributed by atoms with E-state index in [0.717, 1.165) is 11.1 Å². The van der Waals surface area contributed by atoms with Gasteiger partial charge in [0.25, 0.3) is 0 Å². The van der Waals surface area contributed by atoms with Crippen molar-refractivity contribution in [3.05, 3.63) is 63.6 Å². The van der Waals surface area contributed by atoms with E-state index < -0.39 is 12.0 Å². The lowest BCUT2D eigenvalue weighted by Gasteiger charge is -2.11. The van der Waals surface area contributed by atoms with Crippen molar-refractivity contribution in [2.24, 2.45) is 5.73 Å². The van der Waals surface area contributed by atoms with E-state index >= 15 is 0 Å². The molecule has 0 radical (unpaired) electrons. The Morgan fingerprint density at radius 2 is 1.73 bits per heavy atom. The number of carboxylic acid groups (broad SMARTS) is 1. The molecular formula is C16H15Cl2NO3. The highest BCUT2D eigenvalue weighted by Crippen LogP contribution is 2.26. The van der Waals surface area contributed by atoms with Crippen molar-refractivity contribution in [1.29, 1.82) is 0 Å². The summed E-state index contributed by atoms with van der Waals surface area (Å²) in [6.45, 7) is 0.256. The summed E-state index contributed by atoms with van der Waals surface area (Å²) < 4.78 is 5.64. The molecule has 0 amide bonds. The molecule has 0 bridgehead atoms. The number of rotatable bonds is 6. The molecule has 0 aromatic heterocycles. The average Bonchev–Trinajstić information content (AvgIpc) is 2.48. The molecule has 0 aliphatic rings. The predicted molar refractivity (Wildman–Crippen MR) is 86.6 cm³/mol. The Bertz CT molecular complexity index is 639. The van der Waals surface area contributed by atoms with Gasteiger partial charge < -0.3 is 15.6 Å². The van der Waals surface area contributed by atoms with Crippen LogP contribution in [-0.2, 0) is 17.8 Å². The van der Waals surface area contributed by atoms with Crippen molar-refractivity contribution in [2.75, 3.05) is 0 Å². The molecule has 22 heavy (non-hydrogen) atoms. The first kappa shape index (κ1) is 16.6. The van der Waals surface area contributed by atoms with Crippen LogP contribution in [0.15, 0.2) is 42.5 Å².